The van der Waals surface area contributed by atoms with E-state index in [0.717, 1.165) is 0 Å². The molecule has 1 aliphatic rings. The molecule has 0 saturated carbocycles. The Morgan fingerprint density at radius 3 is 2.61 bits per heavy atom. The smallest absolute Gasteiger partial charge is 0.232 e. The van der Waals surface area contributed by atoms with E-state index in [1.807, 2.05) is 0 Å². The van der Waals surface area contributed by atoms with E-state index < -0.39 is 0 Å². The summed E-state index contributed by atoms with van der Waals surface area (Å²) >= 11 is 6.25. The average molecular weight is 329 g/mol. The zero-order valence-electron chi connectivity index (χ0n) is 11.5. The van der Waals surface area contributed by atoms with E-state index in [1.54, 1.807) is 6.07 Å². The molecule has 0 spiro atoms. The van der Waals surface area contributed by atoms with Gasteiger partial charge in [-0.2, -0.15) is 0 Å². The number of rotatable bonds is 1. The van der Waals surface area contributed by atoms with Crippen molar-refractivity contribution in [2.24, 2.45) is 0 Å². The highest BCUT2D eigenvalue weighted by atomic mass is 35.5. The van der Waals surface area contributed by atoms with Crippen LogP contribution in [0.15, 0.2) is 46.6 Å². The van der Waals surface area contributed by atoms with Crippen molar-refractivity contribution in [2.45, 2.75) is 0 Å². The molecule has 23 heavy (non-hydrogen) atoms. The number of phenolic OH excluding ortho intramolecular Hbond substituents is 2. The third kappa shape index (κ3) is 2.13. The molecule has 0 saturated heterocycles. The molecule has 2 aromatic carbocycles. The maximum atomic E-state index is 12.3. The van der Waals surface area contributed by atoms with Gasteiger partial charge in [0.2, 0.25) is 5.78 Å². The number of ether oxygens (including phenoxy) is 1. The van der Waals surface area contributed by atoms with Crippen LogP contribution in [0.5, 0.6) is 17.2 Å². The molecule has 0 bridgehead atoms. The number of fused-ring (bicyclic) bond motifs is 2. The SMILES string of the molecule is O=C1/C(=C\c2oc3cc(O)ccc3c2Cl)Oc2cc(O)ccc21. The zero-order chi connectivity index (χ0) is 16.1. The van der Waals surface area contributed by atoms with E-state index in [-0.39, 0.29) is 34.6 Å². The molecule has 0 unspecified atom stereocenters. The average Bonchev–Trinajstić information content (AvgIpc) is 2.97. The Kier molecular flexibility index (Phi) is 2.86. The van der Waals surface area contributed by atoms with Crippen LogP contribution >= 0.6 is 11.6 Å². The fourth-order valence-electron chi connectivity index (χ4n) is 2.46. The van der Waals surface area contributed by atoms with Gasteiger partial charge in [-0.1, -0.05) is 11.6 Å². The van der Waals surface area contributed by atoms with Crippen LogP contribution in [0.25, 0.3) is 17.0 Å². The van der Waals surface area contributed by atoms with Gasteiger partial charge in [0.05, 0.1) is 10.6 Å². The van der Waals surface area contributed by atoms with Crippen molar-refractivity contribution in [3.63, 3.8) is 0 Å². The Labute approximate surface area is 135 Å². The van der Waals surface area contributed by atoms with Crippen molar-refractivity contribution in [3.05, 3.63) is 58.5 Å². The highest BCUT2D eigenvalue weighted by molar-refractivity contribution is 6.37. The summed E-state index contributed by atoms with van der Waals surface area (Å²) in [5.41, 5.74) is 0.765. The first-order valence-electron chi connectivity index (χ1n) is 6.71. The number of benzene rings is 2. The molecule has 0 aliphatic carbocycles. The van der Waals surface area contributed by atoms with Crippen LogP contribution in [0.2, 0.25) is 5.02 Å². The van der Waals surface area contributed by atoms with E-state index in [4.69, 9.17) is 20.8 Å². The Bertz CT molecular complexity index is 1000. The molecule has 114 valence electrons. The van der Waals surface area contributed by atoms with Gasteiger partial charge in [-0.05, 0) is 24.3 Å². The lowest BCUT2D eigenvalue weighted by Gasteiger charge is -1.97. The third-order valence-corrected chi connectivity index (χ3v) is 3.94. The number of Topliss-reactive ketones (excluding diaryl/α,β-unsaturated/α-hetero) is 1. The quantitative estimate of drug-likeness (QED) is 0.657. The van der Waals surface area contributed by atoms with E-state index in [2.05, 4.69) is 0 Å². The predicted molar refractivity (Wildman–Crippen MR) is 83.9 cm³/mol. The Morgan fingerprint density at radius 2 is 1.78 bits per heavy atom. The Morgan fingerprint density at radius 1 is 1.04 bits per heavy atom. The number of hydrogen-bond acceptors (Lipinski definition) is 5. The van der Waals surface area contributed by atoms with Crippen LogP contribution < -0.4 is 4.74 Å². The lowest BCUT2D eigenvalue weighted by Crippen LogP contribution is -1.97. The van der Waals surface area contributed by atoms with Gasteiger partial charge in [0, 0.05) is 23.6 Å². The second kappa shape index (κ2) is 4.79. The number of halogens is 1. The Hall–Kier alpha value is -2.92. The molecule has 0 fully saturated rings. The molecule has 3 aromatic rings. The van der Waals surface area contributed by atoms with Gasteiger partial charge in [0.1, 0.15) is 22.8 Å². The summed E-state index contributed by atoms with van der Waals surface area (Å²) in [5.74, 6) is 0.335. The van der Waals surface area contributed by atoms with Gasteiger partial charge < -0.3 is 19.4 Å². The number of ketones is 1. The van der Waals surface area contributed by atoms with E-state index >= 15 is 0 Å². The molecule has 4 rings (SSSR count). The summed E-state index contributed by atoms with van der Waals surface area (Å²) in [4.78, 5) is 12.3. The first-order valence-corrected chi connectivity index (χ1v) is 7.09. The van der Waals surface area contributed by atoms with Crippen LogP contribution in [-0.2, 0) is 0 Å². The second-order valence-corrected chi connectivity index (χ2v) is 5.46. The van der Waals surface area contributed by atoms with Crippen LogP contribution in [0.4, 0.5) is 0 Å². The van der Waals surface area contributed by atoms with Gasteiger partial charge in [-0.25, -0.2) is 0 Å². The maximum Gasteiger partial charge on any atom is 0.232 e. The molecular formula is C17H9ClO5. The number of carbonyl (C=O) groups is 1. The van der Waals surface area contributed by atoms with Crippen molar-refractivity contribution in [1.82, 2.24) is 0 Å². The van der Waals surface area contributed by atoms with Gasteiger partial charge in [0.25, 0.3) is 0 Å². The van der Waals surface area contributed by atoms with Crippen molar-refractivity contribution >= 4 is 34.4 Å². The maximum absolute atomic E-state index is 12.3. The van der Waals surface area contributed by atoms with Crippen molar-refractivity contribution in [1.29, 1.82) is 0 Å². The van der Waals surface area contributed by atoms with Crippen LogP contribution in [0.1, 0.15) is 16.1 Å². The highest BCUT2D eigenvalue weighted by Gasteiger charge is 2.28. The lowest BCUT2D eigenvalue weighted by atomic mass is 10.1. The molecule has 1 aromatic heterocycles. The number of aromatic hydroxyl groups is 2. The Balaban J connectivity index is 1.80. The van der Waals surface area contributed by atoms with Gasteiger partial charge >= 0.3 is 0 Å². The first kappa shape index (κ1) is 13.7. The summed E-state index contributed by atoms with van der Waals surface area (Å²) in [5, 5.41) is 19.9. The number of hydrogen-bond donors (Lipinski definition) is 2. The zero-order valence-corrected chi connectivity index (χ0v) is 12.3. The number of allylic oxidation sites excluding steroid dienone is 1. The second-order valence-electron chi connectivity index (χ2n) is 5.08. The van der Waals surface area contributed by atoms with Gasteiger partial charge in [-0.15, -0.1) is 0 Å². The van der Waals surface area contributed by atoms with Crippen LogP contribution in [-0.4, -0.2) is 16.0 Å². The van der Waals surface area contributed by atoms with Crippen LogP contribution in [0, 0.1) is 0 Å². The van der Waals surface area contributed by atoms with Crippen molar-refractivity contribution < 1.29 is 24.2 Å². The molecule has 2 heterocycles. The minimum Gasteiger partial charge on any atom is -0.508 e. The topological polar surface area (TPSA) is 79.9 Å². The summed E-state index contributed by atoms with van der Waals surface area (Å²) < 4.78 is 11.0. The summed E-state index contributed by atoms with van der Waals surface area (Å²) in [6.45, 7) is 0. The molecule has 0 atom stereocenters. The standard InChI is InChI=1S/C17H9ClO5/c18-16-10-3-1-8(19)5-12(10)22-14(16)7-15-17(21)11-4-2-9(20)6-13(11)23-15/h1-7,19-20H/b15-7+. The molecule has 1 aliphatic heterocycles. The fourth-order valence-corrected chi connectivity index (χ4v) is 2.71. The summed E-state index contributed by atoms with van der Waals surface area (Å²) in [6, 6.07) is 8.84. The minimum atomic E-state index is -0.320. The van der Waals surface area contributed by atoms with E-state index in [0.29, 0.717) is 21.6 Å². The molecule has 0 radical (unpaired) electrons. The summed E-state index contributed by atoms with van der Waals surface area (Å²) in [6.07, 6.45) is 1.40. The third-order valence-electron chi connectivity index (χ3n) is 3.55. The number of furan rings is 1. The normalized spacial score (nSPS) is 15.2. The summed E-state index contributed by atoms with van der Waals surface area (Å²) in [7, 11) is 0. The number of carbonyl (C=O) groups excluding carboxylic acids is 1. The van der Waals surface area contributed by atoms with Gasteiger partial charge in [0.15, 0.2) is 11.5 Å². The molecule has 6 heteroatoms. The van der Waals surface area contributed by atoms with E-state index in [9.17, 15) is 15.0 Å². The number of phenols is 2. The van der Waals surface area contributed by atoms with Crippen molar-refractivity contribution in [2.75, 3.05) is 0 Å². The molecular weight excluding hydrogens is 320 g/mol. The largest absolute Gasteiger partial charge is 0.508 e. The monoisotopic (exact) mass is 328 g/mol. The molecule has 5 nitrogen and oxygen atoms in total. The fraction of sp³-hybridized carbons (Fsp3) is 0. The van der Waals surface area contributed by atoms with E-state index in [1.165, 1.54) is 36.4 Å². The lowest BCUT2D eigenvalue weighted by molar-refractivity contribution is 0.101. The first-order chi connectivity index (χ1) is 11.0. The predicted octanol–water partition coefficient (Wildman–Crippen LogP) is 4.11. The van der Waals surface area contributed by atoms with Crippen molar-refractivity contribution in [3.8, 4) is 17.2 Å². The molecule has 0 amide bonds. The van der Waals surface area contributed by atoms with Crippen LogP contribution in [0.3, 0.4) is 0 Å². The molecule has 2 N–H and O–H groups in total. The van der Waals surface area contributed by atoms with Gasteiger partial charge in [-0.3, -0.25) is 4.79 Å². The minimum absolute atomic E-state index is 0.00930. The highest BCUT2D eigenvalue weighted by Crippen LogP contribution is 2.37.